The van der Waals surface area contributed by atoms with Gasteiger partial charge in [-0.1, -0.05) is 37.8 Å². The monoisotopic (exact) mass is 416 g/mol. The maximum absolute atomic E-state index is 13.3. The van der Waals surface area contributed by atoms with Crippen LogP contribution in [-0.2, 0) is 12.8 Å². The van der Waals surface area contributed by atoms with Crippen LogP contribution in [0.15, 0.2) is 54.7 Å². The number of rotatable bonds is 5. The third-order valence-electron chi connectivity index (χ3n) is 6.36. The fourth-order valence-electron chi connectivity index (χ4n) is 4.68. The van der Waals surface area contributed by atoms with E-state index in [9.17, 15) is 15.0 Å². The smallest absolute Gasteiger partial charge is 0.359 e. The Labute approximate surface area is 181 Å². The van der Waals surface area contributed by atoms with Crippen LogP contribution < -0.4 is 9.88 Å². The maximum atomic E-state index is 13.3. The third-order valence-corrected chi connectivity index (χ3v) is 6.36. The van der Waals surface area contributed by atoms with Gasteiger partial charge in [-0.05, 0) is 47.9 Å². The van der Waals surface area contributed by atoms with Gasteiger partial charge in [-0.25, -0.2) is 9.78 Å². The highest BCUT2D eigenvalue weighted by Gasteiger charge is 2.41. The van der Waals surface area contributed by atoms with E-state index >= 15 is 0 Å². The minimum atomic E-state index is -0.372. The van der Waals surface area contributed by atoms with Gasteiger partial charge < -0.3 is 10.2 Å². The number of nitrogens with one attached hydrogen (secondary N) is 1. The molecular formula is C25H26N3O3+. The molecule has 1 saturated carbocycles. The molecule has 0 amide bonds. The highest BCUT2D eigenvalue weighted by molar-refractivity contribution is 5.82. The Morgan fingerprint density at radius 1 is 0.935 bits per heavy atom. The van der Waals surface area contributed by atoms with E-state index in [1.54, 1.807) is 35.0 Å². The first-order chi connectivity index (χ1) is 15.1. The van der Waals surface area contributed by atoms with Crippen LogP contribution in [0.1, 0.15) is 41.7 Å². The minimum Gasteiger partial charge on any atom is -0.508 e. The first-order valence-corrected chi connectivity index (χ1v) is 10.9. The molecule has 1 atom stereocenters. The molecule has 2 aliphatic rings. The Balaban J connectivity index is 1.50. The Kier molecular flexibility index (Phi) is 5.06. The lowest BCUT2D eigenvalue weighted by molar-refractivity contribution is -0.552. The van der Waals surface area contributed by atoms with Gasteiger partial charge in [-0.2, -0.15) is 4.57 Å². The van der Waals surface area contributed by atoms with Crippen LogP contribution in [0.5, 0.6) is 11.5 Å². The molecule has 0 radical (unpaired) electrons. The zero-order chi connectivity index (χ0) is 21.4. The topological polar surface area (TPSA) is 86.3 Å². The molecule has 1 aliphatic carbocycles. The molecule has 158 valence electrons. The molecule has 0 saturated heterocycles. The van der Waals surface area contributed by atoms with Crippen molar-refractivity contribution >= 4 is 11.7 Å². The third kappa shape index (κ3) is 3.98. The van der Waals surface area contributed by atoms with Crippen molar-refractivity contribution in [2.45, 2.75) is 44.6 Å². The normalized spacial score (nSPS) is 18.2. The van der Waals surface area contributed by atoms with Gasteiger partial charge in [-0.3, -0.25) is 5.32 Å². The highest BCUT2D eigenvalue weighted by atomic mass is 16.3. The van der Waals surface area contributed by atoms with E-state index in [1.807, 2.05) is 24.3 Å². The number of phenols is 2. The number of nitrogens with zero attached hydrogens (tertiary/aromatic N) is 2. The lowest BCUT2D eigenvalue weighted by atomic mass is 10.0. The number of fused-ring (bicyclic) bond motifs is 1. The summed E-state index contributed by atoms with van der Waals surface area (Å²) in [7, 11) is 0. The summed E-state index contributed by atoms with van der Waals surface area (Å²) in [6.07, 6.45) is 8.11. The van der Waals surface area contributed by atoms with Gasteiger partial charge in [0, 0.05) is 18.4 Å². The van der Waals surface area contributed by atoms with Crippen LogP contribution in [0.3, 0.4) is 0 Å². The van der Waals surface area contributed by atoms with Gasteiger partial charge in [0.2, 0.25) is 0 Å². The van der Waals surface area contributed by atoms with Crippen molar-refractivity contribution < 1.29 is 19.6 Å². The van der Waals surface area contributed by atoms with E-state index in [1.165, 1.54) is 25.7 Å². The fraction of sp³-hybridized carbons (Fsp3) is 0.320. The summed E-state index contributed by atoms with van der Waals surface area (Å²) in [4.78, 5) is 18.2. The molecule has 5 rings (SSSR count). The highest BCUT2D eigenvalue weighted by Crippen LogP contribution is 2.31. The number of phenolic OH excluding ortho intramolecular Hbond substituents is 2. The van der Waals surface area contributed by atoms with Crippen molar-refractivity contribution in [3.05, 3.63) is 66.0 Å². The van der Waals surface area contributed by atoms with E-state index in [0.717, 1.165) is 34.8 Å². The molecule has 6 heteroatoms. The molecule has 2 aromatic carbocycles. The summed E-state index contributed by atoms with van der Waals surface area (Å²) in [5, 5.41) is 22.6. The second-order valence-corrected chi connectivity index (χ2v) is 8.60. The Morgan fingerprint density at radius 2 is 1.58 bits per heavy atom. The van der Waals surface area contributed by atoms with E-state index < -0.39 is 0 Å². The summed E-state index contributed by atoms with van der Waals surface area (Å²) in [6, 6.07) is 13.5. The molecule has 3 N–H and O–H groups in total. The number of hydrogen-bond donors (Lipinski definition) is 3. The quantitative estimate of drug-likeness (QED) is 0.550. The number of benzene rings is 2. The van der Waals surface area contributed by atoms with E-state index in [-0.39, 0.29) is 23.4 Å². The molecule has 1 aromatic heterocycles. The van der Waals surface area contributed by atoms with Gasteiger partial charge in [0.05, 0.1) is 0 Å². The second-order valence-electron chi connectivity index (χ2n) is 8.60. The fourth-order valence-corrected chi connectivity index (χ4v) is 4.68. The number of aromatic hydroxyl groups is 2. The predicted octanol–water partition coefficient (Wildman–Crippen LogP) is 3.86. The SMILES string of the molecule is O=C1C(Cc2ccc(O)cc2)Nc2c(CC3CCCC3)nc(-c3ccc(O)cc3)c[n+]21. The minimum absolute atomic E-state index is 0.00169. The van der Waals surface area contributed by atoms with Crippen molar-refractivity contribution in [3.63, 3.8) is 0 Å². The first kappa shape index (κ1) is 19.5. The van der Waals surface area contributed by atoms with Crippen LogP contribution in [-0.4, -0.2) is 27.1 Å². The van der Waals surface area contributed by atoms with Crippen LogP contribution in [0.25, 0.3) is 11.3 Å². The molecule has 1 aliphatic heterocycles. The summed E-state index contributed by atoms with van der Waals surface area (Å²) in [5.41, 5.74) is 3.52. The number of carbonyl (C=O) groups is 1. The molecule has 2 heterocycles. The zero-order valence-electron chi connectivity index (χ0n) is 17.3. The molecular weight excluding hydrogens is 390 g/mol. The zero-order valence-corrected chi connectivity index (χ0v) is 17.3. The van der Waals surface area contributed by atoms with Crippen molar-refractivity contribution in [1.29, 1.82) is 0 Å². The van der Waals surface area contributed by atoms with Crippen molar-refractivity contribution in [3.8, 4) is 22.8 Å². The molecule has 0 bridgehead atoms. The first-order valence-electron chi connectivity index (χ1n) is 10.9. The van der Waals surface area contributed by atoms with E-state index in [4.69, 9.17) is 4.98 Å². The molecule has 1 fully saturated rings. The molecule has 1 unspecified atom stereocenters. The summed E-state index contributed by atoms with van der Waals surface area (Å²) < 4.78 is 1.71. The van der Waals surface area contributed by atoms with Crippen LogP contribution in [0.4, 0.5) is 5.82 Å². The Bertz CT molecular complexity index is 1100. The summed E-state index contributed by atoms with van der Waals surface area (Å²) in [6.45, 7) is 0. The average Bonchev–Trinajstić information content (AvgIpc) is 3.39. The number of hydrogen-bond acceptors (Lipinski definition) is 5. The van der Waals surface area contributed by atoms with Gasteiger partial charge in [0.25, 0.3) is 0 Å². The Hall–Kier alpha value is -3.41. The van der Waals surface area contributed by atoms with Gasteiger partial charge in [-0.15, -0.1) is 0 Å². The van der Waals surface area contributed by atoms with Gasteiger partial charge in [0.1, 0.15) is 29.1 Å². The maximum Gasteiger partial charge on any atom is 0.359 e. The lowest BCUT2D eigenvalue weighted by Gasteiger charge is -2.11. The lowest BCUT2D eigenvalue weighted by Crippen LogP contribution is -2.44. The van der Waals surface area contributed by atoms with Crippen LogP contribution in [0, 0.1) is 5.92 Å². The van der Waals surface area contributed by atoms with Crippen LogP contribution in [0.2, 0.25) is 0 Å². The molecule has 0 spiro atoms. The Morgan fingerprint density at radius 3 is 2.26 bits per heavy atom. The van der Waals surface area contributed by atoms with Crippen LogP contribution >= 0.6 is 0 Å². The number of anilines is 1. The van der Waals surface area contributed by atoms with Gasteiger partial charge in [0.15, 0.2) is 6.04 Å². The molecule has 6 nitrogen and oxygen atoms in total. The average molecular weight is 417 g/mol. The van der Waals surface area contributed by atoms with Crippen molar-refractivity contribution in [2.24, 2.45) is 5.92 Å². The van der Waals surface area contributed by atoms with E-state index in [2.05, 4.69) is 5.32 Å². The number of carbonyl (C=O) groups excluding carboxylic acids is 1. The largest absolute Gasteiger partial charge is 0.508 e. The van der Waals surface area contributed by atoms with Crippen molar-refractivity contribution in [1.82, 2.24) is 4.98 Å². The summed E-state index contributed by atoms with van der Waals surface area (Å²) >= 11 is 0. The summed E-state index contributed by atoms with van der Waals surface area (Å²) in [5.74, 6) is 1.81. The molecule has 31 heavy (non-hydrogen) atoms. The molecule has 3 aromatic rings. The van der Waals surface area contributed by atoms with Crippen molar-refractivity contribution in [2.75, 3.05) is 5.32 Å². The van der Waals surface area contributed by atoms with E-state index in [0.29, 0.717) is 12.3 Å². The predicted molar refractivity (Wildman–Crippen MR) is 117 cm³/mol. The second kappa shape index (κ2) is 8.02. The standard InChI is InChI=1S/C25H25N3O3/c29-19-9-5-17(6-10-19)14-22-25(31)28-15-23(18-7-11-20(30)12-8-18)26-21(24(28)27-22)13-16-3-1-2-4-16/h5-12,15-16,22,29-30H,1-4,13-14H2/p+1. The number of aromatic nitrogens is 2. The van der Waals surface area contributed by atoms with Gasteiger partial charge >= 0.3 is 11.7 Å².